The summed E-state index contributed by atoms with van der Waals surface area (Å²) in [5, 5.41) is 7.54. The van der Waals surface area contributed by atoms with Crippen LogP contribution in [0.1, 0.15) is 47.1 Å². The van der Waals surface area contributed by atoms with Crippen LogP contribution in [0.15, 0.2) is 29.2 Å². The number of H-pyrrole nitrogens is 1. The average Bonchev–Trinajstić information content (AvgIpc) is 2.96. The molecule has 7 heteroatoms. The molecule has 2 N–H and O–H groups in total. The summed E-state index contributed by atoms with van der Waals surface area (Å²) < 4.78 is 15.7. The lowest BCUT2D eigenvalue weighted by atomic mass is 10.1. The number of aryl methyl sites for hydroxylation is 2. The molecule has 0 radical (unpaired) electrons. The summed E-state index contributed by atoms with van der Waals surface area (Å²) in [7, 11) is 0. The van der Waals surface area contributed by atoms with Crippen LogP contribution in [0, 0.1) is 19.7 Å². The largest absolute Gasteiger partial charge is 0.348 e. The van der Waals surface area contributed by atoms with E-state index in [1.807, 2.05) is 26.8 Å². The van der Waals surface area contributed by atoms with Crippen LogP contribution in [0.3, 0.4) is 0 Å². The van der Waals surface area contributed by atoms with Crippen molar-refractivity contribution in [2.75, 3.05) is 0 Å². The molecule has 0 aliphatic heterocycles. The molecule has 0 spiro atoms. The molecule has 1 aromatic carbocycles. The lowest BCUT2D eigenvalue weighted by Gasteiger charge is -2.10. The second-order valence-electron chi connectivity index (χ2n) is 6.69. The minimum absolute atomic E-state index is 0.0407. The maximum absolute atomic E-state index is 14.0. The van der Waals surface area contributed by atoms with Crippen LogP contribution in [0.5, 0.6) is 0 Å². The van der Waals surface area contributed by atoms with Gasteiger partial charge in [-0.3, -0.25) is 14.3 Å². The Morgan fingerprint density at radius 3 is 2.69 bits per heavy atom. The van der Waals surface area contributed by atoms with Crippen molar-refractivity contribution >= 4 is 16.8 Å². The van der Waals surface area contributed by atoms with Gasteiger partial charge in [-0.05, 0) is 51.5 Å². The highest BCUT2D eigenvalue weighted by molar-refractivity contribution is 6.06. The number of nitrogens with zero attached hydrogens (tertiary/aromatic N) is 2. The molecule has 0 unspecified atom stereocenters. The highest BCUT2D eigenvalue weighted by Gasteiger charge is 2.17. The number of hydrogen-bond donors (Lipinski definition) is 2. The van der Waals surface area contributed by atoms with Crippen LogP contribution in [-0.4, -0.2) is 20.7 Å². The molecule has 0 aliphatic carbocycles. The number of aromatic nitrogens is 3. The number of rotatable bonds is 4. The maximum atomic E-state index is 14.0. The number of nitrogens with one attached hydrogen (secondary N) is 2. The predicted octanol–water partition coefficient (Wildman–Crippen LogP) is 2.99. The molecule has 0 saturated carbocycles. The van der Waals surface area contributed by atoms with Gasteiger partial charge in [-0.25, -0.2) is 4.39 Å². The van der Waals surface area contributed by atoms with E-state index in [9.17, 15) is 14.0 Å². The van der Waals surface area contributed by atoms with Gasteiger partial charge in [0.15, 0.2) is 0 Å². The van der Waals surface area contributed by atoms with Crippen molar-refractivity contribution in [1.82, 2.24) is 20.1 Å². The number of benzene rings is 1. The summed E-state index contributed by atoms with van der Waals surface area (Å²) in [5.41, 5.74) is 2.57. The summed E-state index contributed by atoms with van der Waals surface area (Å²) >= 11 is 0. The van der Waals surface area contributed by atoms with Crippen LogP contribution in [0.2, 0.25) is 0 Å². The summed E-state index contributed by atoms with van der Waals surface area (Å²) in [6.07, 6.45) is 1.56. The Labute approximate surface area is 150 Å². The number of carbonyl (C=O) groups excluding carboxylic acids is 1. The Kier molecular flexibility index (Phi) is 4.63. The molecule has 2 heterocycles. The number of fused-ring (bicyclic) bond motifs is 1. The molecule has 0 bridgehead atoms. The zero-order valence-corrected chi connectivity index (χ0v) is 15.2. The van der Waals surface area contributed by atoms with E-state index in [0.29, 0.717) is 16.5 Å². The van der Waals surface area contributed by atoms with Gasteiger partial charge in [-0.1, -0.05) is 0 Å². The van der Waals surface area contributed by atoms with Crippen LogP contribution in [0.25, 0.3) is 10.9 Å². The number of pyridine rings is 1. The molecule has 1 amide bonds. The standard InChI is InChI=1S/C19H21FN4O2/c1-10(2)24-17-7-13(20)6-14(16(17)9-22-24)18(25)21-8-15-11(3)5-12(4)23-19(15)26/h5-7,9-10H,8H2,1-4H3,(H,21,25)(H,23,26). The Morgan fingerprint density at radius 1 is 1.31 bits per heavy atom. The molecule has 0 aliphatic rings. The van der Waals surface area contributed by atoms with Gasteiger partial charge in [-0.2, -0.15) is 5.10 Å². The smallest absolute Gasteiger partial charge is 0.253 e. The Hall–Kier alpha value is -2.96. The molecule has 0 atom stereocenters. The van der Waals surface area contributed by atoms with Crippen LogP contribution >= 0.6 is 0 Å². The monoisotopic (exact) mass is 356 g/mol. The van der Waals surface area contributed by atoms with E-state index < -0.39 is 11.7 Å². The van der Waals surface area contributed by atoms with Gasteiger partial charge in [0, 0.05) is 29.2 Å². The zero-order chi connectivity index (χ0) is 19.0. The number of aromatic amines is 1. The Bertz CT molecular complexity index is 1050. The highest BCUT2D eigenvalue weighted by Crippen LogP contribution is 2.23. The molecule has 26 heavy (non-hydrogen) atoms. The van der Waals surface area contributed by atoms with Gasteiger partial charge in [0.1, 0.15) is 5.82 Å². The van der Waals surface area contributed by atoms with Crippen LogP contribution in [0.4, 0.5) is 4.39 Å². The third-order valence-electron chi connectivity index (χ3n) is 4.33. The molecule has 136 valence electrons. The summed E-state index contributed by atoms with van der Waals surface area (Å²) in [4.78, 5) is 27.4. The fraction of sp³-hybridized carbons (Fsp3) is 0.316. The number of hydrogen-bond acceptors (Lipinski definition) is 3. The van der Waals surface area contributed by atoms with Crippen molar-refractivity contribution in [3.8, 4) is 0 Å². The maximum Gasteiger partial charge on any atom is 0.253 e. The second kappa shape index (κ2) is 6.74. The van der Waals surface area contributed by atoms with Crippen molar-refractivity contribution in [2.45, 2.75) is 40.3 Å². The zero-order valence-electron chi connectivity index (χ0n) is 15.2. The molecule has 2 aromatic heterocycles. The van der Waals surface area contributed by atoms with E-state index in [1.54, 1.807) is 17.8 Å². The third kappa shape index (κ3) is 3.24. The SMILES string of the molecule is Cc1cc(C)c(CNC(=O)c2cc(F)cc3c2cnn3C(C)C)c(=O)[nH]1. The van der Waals surface area contributed by atoms with Gasteiger partial charge in [0.05, 0.1) is 17.3 Å². The first-order chi connectivity index (χ1) is 12.3. The minimum atomic E-state index is -0.505. The van der Waals surface area contributed by atoms with Crippen LogP contribution in [-0.2, 0) is 6.54 Å². The van der Waals surface area contributed by atoms with Gasteiger partial charge in [0.2, 0.25) is 0 Å². The van der Waals surface area contributed by atoms with E-state index in [2.05, 4.69) is 15.4 Å². The number of amides is 1. The number of halogens is 1. The van der Waals surface area contributed by atoms with Crippen molar-refractivity contribution in [2.24, 2.45) is 0 Å². The lowest BCUT2D eigenvalue weighted by Crippen LogP contribution is -2.28. The predicted molar refractivity (Wildman–Crippen MR) is 97.8 cm³/mol. The van der Waals surface area contributed by atoms with Crippen molar-refractivity contribution in [1.29, 1.82) is 0 Å². The second-order valence-corrected chi connectivity index (χ2v) is 6.69. The van der Waals surface area contributed by atoms with Crippen molar-refractivity contribution in [3.63, 3.8) is 0 Å². The summed E-state index contributed by atoms with van der Waals surface area (Å²) in [6, 6.07) is 4.44. The summed E-state index contributed by atoms with van der Waals surface area (Å²) in [6.45, 7) is 7.55. The molecule has 0 fully saturated rings. The Morgan fingerprint density at radius 2 is 2.04 bits per heavy atom. The van der Waals surface area contributed by atoms with Crippen molar-refractivity contribution < 1.29 is 9.18 Å². The fourth-order valence-corrected chi connectivity index (χ4v) is 3.08. The van der Waals surface area contributed by atoms with E-state index >= 15 is 0 Å². The highest BCUT2D eigenvalue weighted by atomic mass is 19.1. The van der Waals surface area contributed by atoms with E-state index in [1.165, 1.54) is 12.1 Å². The summed E-state index contributed by atoms with van der Waals surface area (Å²) in [5.74, 6) is -0.952. The fourth-order valence-electron chi connectivity index (χ4n) is 3.08. The first-order valence-corrected chi connectivity index (χ1v) is 8.42. The van der Waals surface area contributed by atoms with Gasteiger partial charge in [0.25, 0.3) is 11.5 Å². The normalized spacial score (nSPS) is 11.3. The van der Waals surface area contributed by atoms with Crippen LogP contribution < -0.4 is 10.9 Å². The topological polar surface area (TPSA) is 79.8 Å². The first kappa shape index (κ1) is 17.8. The Balaban J connectivity index is 1.93. The minimum Gasteiger partial charge on any atom is -0.348 e. The quantitative estimate of drug-likeness (QED) is 0.754. The molecular weight excluding hydrogens is 335 g/mol. The molecule has 3 aromatic rings. The average molecular weight is 356 g/mol. The van der Waals surface area contributed by atoms with E-state index in [-0.39, 0.29) is 23.7 Å². The molecule has 6 nitrogen and oxygen atoms in total. The van der Waals surface area contributed by atoms with E-state index in [4.69, 9.17) is 0 Å². The molecule has 0 saturated heterocycles. The van der Waals surface area contributed by atoms with Crippen molar-refractivity contribution in [3.05, 3.63) is 63.0 Å². The van der Waals surface area contributed by atoms with Gasteiger partial charge in [-0.15, -0.1) is 0 Å². The third-order valence-corrected chi connectivity index (χ3v) is 4.33. The van der Waals surface area contributed by atoms with E-state index in [0.717, 1.165) is 11.3 Å². The number of carbonyl (C=O) groups is 1. The molecule has 3 rings (SSSR count). The van der Waals surface area contributed by atoms with Gasteiger partial charge < -0.3 is 10.3 Å². The molecular formula is C19H21FN4O2. The lowest BCUT2D eigenvalue weighted by molar-refractivity contribution is 0.0952. The van der Waals surface area contributed by atoms with Gasteiger partial charge >= 0.3 is 0 Å². The first-order valence-electron chi connectivity index (χ1n) is 8.42.